The number of benzene rings is 4. The Morgan fingerprint density at radius 1 is 0.556 bits per heavy atom. The lowest BCUT2D eigenvalue weighted by Crippen LogP contribution is -1.83. The molecule has 0 aliphatic rings. The molecular weight excluding hydrogens is 456 g/mol. The summed E-state index contributed by atoms with van der Waals surface area (Å²) in [5.41, 5.74) is 5.05. The lowest BCUT2D eigenvalue weighted by atomic mass is 10.00. The van der Waals surface area contributed by atoms with E-state index in [0.29, 0.717) is 11.4 Å². The van der Waals surface area contributed by atoms with Gasteiger partial charge in [0.1, 0.15) is 0 Å². The van der Waals surface area contributed by atoms with Gasteiger partial charge in [0.2, 0.25) is 24.3 Å². The van der Waals surface area contributed by atoms with E-state index in [4.69, 9.17) is 20.4 Å². The number of carbonyl (C=O) groups excluding carboxylic acids is 4. The van der Waals surface area contributed by atoms with Crippen molar-refractivity contribution >= 4 is 46.5 Å². The fourth-order valence-electron chi connectivity index (χ4n) is 3.15. The molecular formula is C28H22N4O4. The molecule has 0 saturated heterocycles. The van der Waals surface area contributed by atoms with E-state index < -0.39 is 0 Å². The minimum Gasteiger partial charge on any atom is -0.222 e. The van der Waals surface area contributed by atoms with Crippen molar-refractivity contribution in [3.05, 3.63) is 96.1 Å². The van der Waals surface area contributed by atoms with Gasteiger partial charge < -0.3 is 0 Å². The molecule has 0 fully saturated rings. The first kappa shape index (κ1) is 28.7. The van der Waals surface area contributed by atoms with Crippen LogP contribution in [0.2, 0.25) is 0 Å². The van der Waals surface area contributed by atoms with E-state index >= 15 is 0 Å². The Morgan fingerprint density at radius 3 is 1.11 bits per heavy atom. The largest absolute Gasteiger partial charge is 0.240 e. The molecule has 0 radical (unpaired) electrons. The molecule has 0 atom stereocenters. The van der Waals surface area contributed by atoms with Crippen LogP contribution in [0.15, 0.2) is 94.9 Å². The predicted octanol–water partition coefficient (Wildman–Crippen LogP) is 6.55. The van der Waals surface area contributed by atoms with Crippen LogP contribution < -0.4 is 0 Å². The zero-order valence-electron chi connectivity index (χ0n) is 19.6. The molecule has 0 aliphatic carbocycles. The van der Waals surface area contributed by atoms with Gasteiger partial charge in [-0.3, -0.25) is 0 Å². The van der Waals surface area contributed by atoms with Gasteiger partial charge in [-0.25, -0.2) is 30.0 Å². The van der Waals surface area contributed by atoms with Crippen molar-refractivity contribution in [2.45, 2.75) is 13.8 Å². The normalized spacial score (nSPS) is 8.50. The molecule has 178 valence electrons. The highest BCUT2D eigenvalue weighted by Gasteiger charge is 2.04. The van der Waals surface area contributed by atoms with E-state index in [1.54, 1.807) is 24.3 Å². The Kier molecular flexibility index (Phi) is 13.0. The van der Waals surface area contributed by atoms with Crippen LogP contribution in [0.3, 0.4) is 0 Å². The summed E-state index contributed by atoms with van der Waals surface area (Å²) in [6.45, 7) is 3.77. The summed E-state index contributed by atoms with van der Waals surface area (Å²) < 4.78 is 0. The molecule has 4 aromatic carbocycles. The topological polar surface area (TPSA) is 141 Å². The lowest BCUT2D eigenvalue weighted by Gasteiger charge is -2.07. The number of hydrogen-bond acceptors (Lipinski definition) is 8. The molecule has 8 nitrogen and oxygen atoms in total. The summed E-state index contributed by atoms with van der Waals surface area (Å²) in [4.78, 5) is 44.5. The number of aryl methyl sites for hydroxylation is 2. The maximum atomic E-state index is 10.3. The second-order valence-corrected chi connectivity index (χ2v) is 6.96. The third-order valence-electron chi connectivity index (χ3n) is 4.72. The van der Waals surface area contributed by atoms with Gasteiger partial charge in [-0.2, -0.15) is 9.98 Å². The lowest BCUT2D eigenvalue weighted by molar-refractivity contribution is 0.562. The van der Waals surface area contributed by atoms with Crippen molar-refractivity contribution in [1.29, 1.82) is 10.8 Å². The summed E-state index contributed by atoms with van der Waals surface area (Å²) >= 11 is 0. The van der Waals surface area contributed by atoms with Gasteiger partial charge in [0, 0.05) is 0 Å². The van der Waals surface area contributed by atoms with E-state index in [1.165, 1.54) is 10.8 Å². The van der Waals surface area contributed by atoms with Gasteiger partial charge in [0.15, 0.2) is 0 Å². The van der Waals surface area contributed by atoms with E-state index in [2.05, 4.69) is 58.5 Å². The van der Waals surface area contributed by atoms with Gasteiger partial charge >= 0.3 is 0 Å². The van der Waals surface area contributed by atoms with Crippen molar-refractivity contribution < 1.29 is 19.2 Å². The maximum absolute atomic E-state index is 10.3. The molecule has 4 rings (SSSR count). The first-order chi connectivity index (χ1) is 17.4. The number of aliphatic imine (C=N–C) groups is 2. The standard InChI is InChI=1S/C16H12N2O2.C10H8.2CHNO/c1-11-7-13(3-5-15(11)17-9-19)14-4-6-16(18-10-20)12(2)8-14;1-2-6-10-8-4-3-7-9(10)5-1;2*2-1-3/h3-8H,1-2H3;1-8H;2*2H. The summed E-state index contributed by atoms with van der Waals surface area (Å²) in [5, 5.41) is 13.4. The Balaban J connectivity index is 0.000000334. The smallest absolute Gasteiger partial charge is 0.222 e. The molecule has 36 heavy (non-hydrogen) atoms. The number of hydrogen-bond donors (Lipinski definition) is 2. The maximum Gasteiger partial charge on any atom is 0.240 e. The highest BCUT2D eigenvalue weighted by atomic mass is 16.1. The average Bonchev–Trinajstić information content (AvgIpc) is 2.88. The van der Waals surface area contributed by atoms with Crippen molar-refractivity contribution in [2.75, 3.05) is 0 Å². The minimum atomic E-state index is 0.614. The first-order valence-electron chi connectivity index (χ1n) is 10.3. The minimum absolute atomic E-state index is 0.614. The molecule has 0 unspecified atom stereocenters. The van der Waals surface area contributed by atoms with Crippen LogP contribution in [0, 0.1) is 24.7 Å². The summed E-state index contributed by atoms with van der Waals surface area (Å²) in [7, 11) is 0. The van der Waals surface area contributed by atoms with Crippen LogP contribution in [-0.4, -0.2) is 24.3 Å². The molecule has 2 N–H and O–H groups in total. The van der Waals surface area contributed by atoms with Crippen LogP contribution in [0.5, 0.6) is 0 Å². The number of rotatable bonds is 3. The number of nitrogens with one attached hydrogen (secondary N) is 2. The molecule has 4 aromatic rings. The fourth-order valence-corrected chi connectivity index (χ4v) is 3.15. The van der Waals surface area contributed by atoms with E-state index in [9.17, 15) is 9.59 Å². The number of isocyanates is 4. The Hall–Kier alpha value is -5.34. The van der Waals surface area contributed by atoms with Crippen LogP contribution >= 0.6 is 0 Å². The molecule has 0 aromatic heterocycles. The summed E-state index contributed by atoms with van der Waals surface area (Å²) in [6, 6.07) is 28.0. The van der Waals surface area contributed by atoms with Gasteiger partial charge in [-0.05, 0) is 71.1 Å². The first-order valence-corrected chi connectivity index (χ1v) is 10.3. The fraction of sp³-hybridized carbons (Fsp3) is 0.0714. The molecule has 0 amide bonds. The molecule has 0 heterocycles. The van der Waals surface area contributed by atoms with Crippen molar-refractivity contribution in [1.82, 2.24) is 0 Å². The van der Waals surface area contributed by atoms with Gasteiger partial charge in [0.25, 0.3) is 0 Å². The zero-order chi connectivity index (χ0) is 26.8. The quantitative estimate of drug-likeness (QED) is 0.254. The molecule has 0 bridgehead atoms. The number of fused-ring (bicyclic) bond motifs is 1. The van der Waals surface area contributed by atoms with E-state index in [1.807, 2.05) is 38.1 Å². The zero-order valence-corrected chi connectivity index (χ0v) is 19.6. The second-order valence-electron chi connectivity index (χ2n) is 6.96. The monoisotopic (exact) mass is 478 g/mol. The van der Waals surface area contributed by atoms with Crippen molar-refractivity contribution in [3.63, 3.8) is 0 Å². The average molecular weight is 479 g/mol. The molecule has 8 heteroatoms. The highest BCUT2D eigenvalue weighted by Crippen LogP contribution is 2.29. The third-order valence-corrected chi connectivity index (χ3v) is 4.72. The van der Waals surface area contributed by atoms with Gasteiger partial charge in [-0.15, -0.1) is 0 Å². The third kappa shape index (κ3) is 9.26. The summed E-state index contributed by atoms with van der Waals surface area (Å²) in [5.74, 6) is 0. The van der Waals surface area contributed by atoms with Crippen LogP contribution in [0.4, 0.5) is 11.4 Å². The van der Waals surface area contributed by atoms with E-state index in [0.717, 1.165) is 34.4 Å². The Morgan fingerprint density at radius 2 is 0.861 bits per heavy atom. The SMILES string of the molecule is Cc1cc(-c2ccc(N=C=O)c(C)c2)ccc1N=C=O.N=C=O.N=C=O.c1ccc2ccccc2c1. The Bertz CT molecular complexity index is 1330. The second kappa shape index (κ2) is 16.3. The van der Waals surface area contributed by atoms with Gasteiger partial charge in [0.05, 0.1) is 11.4 Å². The van der Waals surface area contributed by atoms with Gasteiger partial charge in [-0.1, -0.05) is 60.7 Å². The predicted molar refractivity (Wildman–Crippen MR) is 138 cm³/mol. The van der Waals surface area contributed by atoms with Crippen LogP contribution in [0.25, 0.3) is 21.9 Å². The Labute approximate surface area is 207 Å². The molecule has 0 spiro atoms. The van der Waals surface area contributed by atoms with Crippen LogP contribution in [0.1, 0.15) is 11.1 Å². The van der Waals surface area contributed by atoms with Crippen LogP contribution in [-0.2, 0) is 19.2 Å². The van der Waals surface area contributed by atoms with Crippen molar-refractivity contribution in [2.24, 2.45) is 9.98 Å². The van der Waals surface area contributed by atoms with E-state index in [-0.39, 0.29) is 0 Å². The number of nitrogens with zero attached hydrogens (tertiary/aromatic N) is 2. The molecule has 0 saturated carbocycles. The van der Waals surface area contributed by atoms with Crippen molar-refractivity contribution in [3.8, 4) is 11.1 Å². The highest BCUT2D eigenvalue weighted by molar-refractivity contribution is 5.82. The summed E-state index contributed by atoms with van der Waals surface area (Å²) in [6.07, 6.45) is 4.58. The molecule has 0 aliphatic heterocycles.